The van der Waals surface area contributed by atoms with Gasteiger partial charge in [-0.05, 0) is 12.8 Å². The van der Waals surface area contributed by atoms with Gasteiger partial charge in [-0.1, -0.05) is 64.7 Å². The Balaban J connectivity index is 2.23. The highest BCUT2D eigenvalue weighted by Gasteiger charge is 2.59. The molecular weight excluding hydrogens is 392 g/mol. The van der Waals surface area contributed by atoms with E-state index in [4.69, 9.17) is 14.6 Å². The van der Waals surface area contributed by atoms with Crippen LogP contribution in [0.25, 0.3) is 0 Å². The average Bonchev–Trinajstić information content (AvgIpc) is 2.61. The summed E-state index contributed by atoms with van der Waals surface area (Å²) in [6.45, 7) is 2.13. The Labute approximate surface area is 167 Å². The summed E-state index contributed by atoms with van der Waals surface area (Å²) in [6.07, 6.45) is 11.4. The molecule has 28 heavy (non-hydrogen) atoms. The molecule has 0 aliphatic carbocycles. The second-order valence-corrected chi connectivity index (χ2v) is 8.10. The van der Waals surface area contributed by atoms with Crippen LogP contribution in [0.5, 0.6) is 0 Å². The molecule has 166 valence electrons. The van der Waals surface area contributed by atoms with Crippen LogP contribution in [0.4, 0.5) is 0 Å². The molecule has 0 amide bonds. The molecule has 1 rings (SSSR count). The van der Waals surface area contributed by atoms with E-state index in [2.05, 4.69) is 15.3 Å². The van der Waals surface area contributed by atoms with Crippen LogP contribution in [-0.4, -0.2) is 56.5 Å². The molecule has 10 heteroatoms. The normalized spacial score (nSPS) is 18.4. The van der Waals surface area contributed by atoms with Crippen molar-refractivity contribution >= 4 is 16.4 Å². The van der Waals surface area contributed by atoms with E-state index < -0.39 is 28.4 Å². The zero-order chi connectivity index (χ0) is 20.9. The predicted octanol–water partition coefficient (Wildman–Crippen LogP) is 2.16. The molecule has 0 bridgehead atoms. The van der Waals surface area contributed by atoms with Gasteiger partial charge in [0.25, 0.3) is 0 Å². The summed E-state index contributed by atoms with van der Waals surface area (Å²) < 4.78 is 40.0. The van der Waals surface area contributed by atoms with Gasteiger partial charge in [0.1, 0.15) is 6.10 Å². The molecule has 1 unspecified atom stereocenters. The van der Waals surface area contributed by atoms with Gasteiger partial charge >= 0.3 is 22.3 Å². The van der Waals surface area contributed by atoms with E-state index in [1.54, 1.807) is 0 Å². The van der Waals surface area contributed by atoms with Crippen molar-refractivity contribution in [3.63, 3.8) is 0 Å². The van der Waals surface area contributed by atoms with Gasteiger partial charge in [0.05, 0.1) is 19.8 Å². The number of hydrogen-bond acceptors (Lipinski definition) is 9. The highest BCUT2D eigenvalue weighted by atomic mass is 32.3. The van der Waals surface area contributed by atoms with Gasteiger partial charge in [0.15, 0.2) is 0 Å². The first kappa shape index (κ1) is 25.3. The van der Waals surface area contributed by atoms with Crippen molar-refractivity contribution in [2.75, 3.05) is 19.8 Å². The molecule has 1 atom stereocenters. The maximum Gasteiger partial charge on any atom is 0.416 e. The number of aliphatic hydroxyl groups excluding tert-OH is 1. The van der Waals surface area contributed by atoms with Crippen LogP contribution in [0, 0.1) is 0 Å². The Morgan fingerprint density at radius 2 is 1.54 bits per heavy atom. The number of esters is 1. The lowest BCUT2D eigenvalue weighted by molar-refractivity contribution is -0.318. The van der Waals surface area contributed by atoms with E-state index in [1.807, 2.05) is 0 Å². The Kier molecular flexibility index (Phi) is 12.1. The van der Waals surface area contributed by atoms with E-state index in [9.17, 15) is 18.3 Å². The fraction of sp³-hybridized carbons (Fsp3) is 0.944. The molecule has 0 aromatic carbocycles. The summed E-state index contributed by atoms with van der Waals surface area (Å²) in [6, 6.07) is 0. The fourth-order valence-corrected chi connectivity index (χ4v) is 3.59. The lowest BCUT2D eigenvalue weighted by Crippen LogP contribution is -2.57. The maximum atomic E-state index is 11.9. The van der Waals surface area contributed by atoms with Gasteiger partial charge in [0, 0.05) is 0 Å². The number of aliphatic hydroxyl groups is 2. The van der Waals surface area contributed by atoms with Crippen LogP contribution < -0.4 is 0 Å². The van der Waals surface area contributed by atoms with Crippen molar-refractivity contribution in [2.45, 2.75) is 89.6 Å². The van der Waals surface area contributed by atoms with Gasteiger partial charge in [-0.2, -0.15) is 16.8 Å². The van der Waals surface area contributed by atoms with Gasteiger partial charge < -0.3 is 19.7 Å². The lowest BCUT2D eigenvalue weighted by Gasteiger charge is -2.32. The highest BCUT2D eigenvalue weighted by molar-refractivity contribution is 7.82. The smallest absolute Gasteiger partial charge is 0.416 e. The van der Waals surface area contributed by atoms with Crippen molar-refractivity contribution in [1.29, 1.82) is 0 Å². The van der Waals surface area contributed by atoms with Crippen molar-refractivity contribution in [1.82, 2.24) is 0 Å². The monoisotopic (exact) mass is 426 g/mol. The lowest BCUT2D eigenvalue weighted by atomic mass is 10.0. The van der Waals surface area contributed by atoms with Gasteiger partial charge in [-0.25, -0.2) is 4.79 Å². The van der Waals surface area contributed by atoms with Gasteiger partial charge in [0.2, 0.25) is 0 Å². The molecule has 0 aromatic heterocycles. The zero-order valence-electron chi connectivity index (χ0n) is 16.6. The van der Waals surface area contributed by atoms with Crippen LogP contribution in [-0.2, 0) is 33.0 Å². The van der Waals surface area contributed by atoms with Crippen molar-refractivity contribution < 1.29 is 41.3 Å². The topological polar surface area (TPSA) is 129 Å². The van der Waals surface area contributed by atoms with Crippen LogP contribution in [0.2, 0.25) is 0 Å². The van der Waals surface area contributed by atoms with Crippen LogP contribution >= 0.6 is 0 Å². The van der Waals surface area contributed by atoms with Crippen LogP contribution in [0.15, 0.2) is 0 Å². The molecule has 0 aromatic rings. The number of carbonyl (C=O) groups excluding carboxylic acids is 1. The Morgan fingerprint density at radius 1 is 1.00 bits per heavy atom. The second-order valence-electron chi connectivity index (χ2n) is 6.95. The van der Waals surface area contributed by atoms with Crippen LogP contribution in [0.1, 0.15) is 77.6 Å². The standard InChI is InChI=1S/C18H34O9S/c1-2-3-4-5-6-7-8-9-10-11-12-16(15-24-14-13-19)25-17(20)18(21)26-28(22,23)27-18/h16,19,21H,2-15H2,1H3. The van der Waals surface area contributed by atoms with E-state index in [0.717, 1.165) is 25.7 Å². The van der Waals surface area contributed by atoms with Crippen molar-refractivity contribution in [3.05, 3.63) is 0 Å². The zero-order valence-corrected chi connectivity index (χ0v) is 17.5. The molecule has 0 saturated carbocycles. The number of unbranched alkanes of at least 4 members (excludes halogenated alkanes) is 9. The first-order valence-corrected chi connectivity index (χ1v) is 11.4. The third kappa shape index (κ3) is 10.1. The molecule has 1 aliphatic rings. The summed E-state index contributed by atoms with van der Waals surface area (Å²) in [5, 5.41) is 18.4. The van der Waals surface area contributed by atoms with E-state index in [0.29, 0.717) is 6.42 Å². The van der Waals surface area contributed by atoms with E-state index >= 15 is 0 Å². The molecular formula is C18H34O9S. The van der Waals surface area contributed by atoms with Gasteiger partial charge in [-0.15, -0.1) is 0 Å². The number of ether oxygens (including phenoxy) is 2. The van der Waals surface area contributed by atoms with Crippen LogP contribution in [0.3, 0.4) is 0 Å². The molecule has 1 saturated heterocycles. The first-order chi connectivity index (χ1) is 13.3. The van der Waals surface area contributed by atoms with E-state index in [1.165, 1.54) is 38.5 Å². The number of rotatable bonds is 17. The minimum atomic E-state index is -4.34. The molecule has 0 radical (unpaired) electrons. The van der Waals surface area contributed by atoms with Crippen molar-refractivity contribution in [2.24, 2.45) is 0 Å². The average molecular weight is 427 g/mol. The predicted molar refractivity (Wildman–Crippen MR) is 100 cm³/mol. The third-order valence-corrected chi connectivity index (χ3v) is 5.24. The van der Waals surface area contributed by atoms with E-state index in [-0.39, 0.29) is 19.8 Å². The second kappa shape index (κ2) is 13.4. The molecule has 2 N–H and O–H groups in total. The van der Waals surface area contributed by atoms with Crippen molar-refractivity contribution in [3.8, 4) is 0 Å². The summed E-state index contributed by atoms with van der Waals surface area (Å²) in [4.78, 5) is 11.9. The van der Waals surface area contributed by atoms with Gasteiger partial charge in [-0.3, -0.25) is 0 Å². The summed E-state index contributed by atoms with van der Waals surface area (Å²) >= 11 is 0. The highest BCUT2D eigenvalue weighted by Crippen LogP contribution is 2.30. The molecule has 1 fully saturated rings. The molecule has 0 spiro atoms. The Bertz CT molecular complexity index is 523. The third-order valence-electron chi connectivity index (χ3n) is 4.38. The number of carbonyl (C=O) groups is 1. The molecule has 9 nitrogen and oxygen atoms in total. The molecule has 1 heterocycles. The molecule has 1 aliphatic heterocycles. The Hall–Kier alpha value is -0.780. The summed E-state index contributed by atoms with van der Waals surface area (Å²) in [5.74, 6) is -4.27. The SMILES string of the molecule is CCCCCCCCCCCCC(COCCO)OC(=O)C1(O)OS(=O)(=O)O1. The Morgan fingerprint density at radius 3 is 2.04 bits per heavy atom. The summed E-state index contributed by atoms with van der Waals surface area (Å²) in [7, 11) is -4.34. The fourth-order valence-electron chi connectivity index (χ4n) is 2.89. The summed E-state index contributed by atoms with van der Waals surface area (Å²) in [5.41, 5.74) is 0. The number of hydrogen-bond donors (Lipinski definition) is 2. The minimum Gasteiger partial charge on any atom is -0.454 e. The minimum absolute atomic E-state index is 0.0204. The largest absolute Gasteiger partial charge is 0.454 e. The first-order valence-electron chi connectivity index (χ1n) is 10.1. The maximum absolute atomic E-state index is 11.9. The quantitative estimate of drug-likeness (QED) is 0.265.